The summed E-state index contributed by atoms with van der Waals surface area (Å²) in [6.07, 6.45) is 0. The number of aromatic nitrogens is 2. The minimum atomic E-state index is -1.05. The zero-order chi connectivity index (χ0) is 24.6. The summed E-state index contributed by atoms with van der Waals surface area (Å²) in [4.78, 5) is 27.5. The molecule has 10 nitrogen and oxygen atoms in total. The third-order valence-electron chi connectivity index (χ3n) is 5.34. The molecule has 1 amide bonds. The lowest BCUT2D eigenvalue weighted by Gasteiger charge is -2.23. The number of aryl methyl sites for hydroxylation is 1. The lowest BCUT2D eigenvalue weighted by molar-refractivity contribution is -0.132. The Morgan fingerprint density at radius 1 is 0.971 bits per heavy atom. The minimum Gasteiger partial charge on any atom is -0.507 e. The van der Waals surface area contributed by atoms with Crippen LogP contribution in [0.5, 0.6) is 23.0 Å². The summed E-state index contributed by atoms with van der Waals surface area (Å²) in [5, 5.41) is 30.1. The van der Waals surface area contributed by atoms with Gasteiger partial charge in [-0.15, -0.1) is 10.2 Å². The standard InChI is InChI=1S/C23H21N3O7S/c1-11-24-25-23(34-11)26-19(12-5-7-14(27)16(9-12)32-3)18(21(29)22(26)30)20(28)13-6-8-15(31-2)17(10-13)33-4/h5-10,19,27-28H,1-4H3/t19-/m1/s1. The van der Waals surface area contributed by atoms with Crippen LogP contribution < -0.4 is 19.1 Å². The molecule has 0 spiro atoms. The Kier molecular flexibility index (Phi) is 6.12. The van der Waals surface area contributed by atoms with E-state index in [0.717, 1.165) is 11.3 Å². The van der Waals surface area contributed by atoms with Gasteiger partial charge in [-0.05, 0) is 42.8 Å². The van der Waals surface area contributed by atoms with Crippen molar-refractivity contribution in [1.29, 1.82) is 0 Å². The quantitative estimate of drug-likeness (QED) is 0.308. The average Bonchev–Trinajstić information content (AvgIpc) is 3.38. The van der Waals surface area contributed by atoms with E-state index in [1.807, 2.05) is 0 Å². The van der Waals surface area contributed by atoms with Gasteiger partial charge in [0.1, 0.15) is 10.8 Å². The number of carbonyl (C=O) groups excluding carboxylic acids is 2. The molecule has 1 atom stereocenters. The van der Waals surface area contributed by atoms with Crippen LogP contribution in [0.1, 0.15) is 22.2 Å². The van der Waals surface area contributed by atoms with Crippen molar-refractivity contribution in [2.45, 2.75) is 13.0 Å². The number of hydrogen-bond acceptors (Lipinski definition) is 10. The third kappa shape index (κ3) is 3.79. The number of benzene rings is 2. The molecule has 1 aliphatic heterocycles. The predicted molar refractivity (Wildman–Crippen MR) is 124 cm³/mol. The van der Waals surface area contributed by atoms with Gasteiger partial charge in [-0.3, -0.25) is 14.5 Å². The fourth-order valence-corrected chi connectivity index (χ4v) is 4.45. The van der Waals surface area contributed by atoms with Gasteiger partial charge in [-0.25, -0.2) is 0 Å². The van der Waals surface area contributed by atoms with E-state index in [0.29, 0.717) is 22.1 Å². The van der Waals surface area contributed by atoms with Gasteiger partial charge in [0.2, 0.25) is 5.13 Å². The second-order valence-corrected chi connectivity index (χ2v) is 8.43. The number of carbonyl (C=O) groups is 2. The molecule has 1 aromatic heterocycles. The van der Waals surface area contributed by atoms with E-state index in [-0.39, 0.29) is 27.8 Å². The van der Waals surface area contributed by atoms with Crippen molar-refractivity contribution in [2.24, 2.45) is 0 Å². The number of aliphatic hydroxyl groups is 1. The van der Waals surface area contributed by atoms with E-state index in [4.69, 9.17) is 14.2 Å². The Balaban J connectivity index is 1.96. The third-order valence-corrected chi connectivity index (χ3v) is 6.18. The minimum absolute atomic E-state index is 0.116. The largest absolute Gasteiger partial charge is 0.507 e. The molecule has 1 aliphatic rings. The Bertz CT molecular complexity index is 1320. The number of ketones is 1. The van der Waals surface area contributed by atoms with Gasteiger partial charge in [-0.2, -0.15) is 0 Å². The first-order valence-corrected chi connectivity index (χ1v) is 10.8. The summed E-state index contributed by atoms with van der Waals surface area (Å²) in [5.41, 5.74) is 0.515. The lowest BCUT2D eigenvalue weighted by Crippen LogP contribution is -2.29. The lowest BCUT2D eigenvalue weighted by atomic mass is 9.95. The highest BCUT2D eigenvalue weighted by Crippen LogP contribution is 2.45. The van der Waals surface area contributed by atoms with E-state index < -0.39 is 23.5 Å². The summed E-state index contributed by atoms with van der Waals surface area (Å²) in [5.74, 6) is -1.36. The fraction of sp³-hybridized carbons (Fsp3) is 0.217. The first-order valence-electron chi connectivity index (χ1n) is 10.0. The van der Waals surface area contributed by atoms with Crippen LogP contribution in [0.15, 0.2) is 42.0 Å². The number of aromatic hydroxyl groups is 1. The number of Topliss-reactive ketones (excluding diaryl/α,β-unsaturated/α-hetero) is 1. The van der Waals surface area contributed by atoms with E-state index in [1.54, 1.807) is 19.1 Å². The zero-order valence-corrected chi connectivity index (χ0v) is 19.5. The second-order valence-electron chi connectivity index (χ2n) is 7.27. The number of rotatable bonds is 6. The SMILES string of the molecule is COc1cc([C@@H]2C(=C(O)c3ccc(OC)c(OC)c3)C(=O)C(=O)N2c2nnc(C)s2)ccc1O. The highest BCUT2D eigenvalue weighted by atomic mass is 32.1. The Labute approximate surface area is 198 Å². The number of amides is 1. The maximum Gasteiger partial charge on any atom is 0.301 e. The Morgan fingerprint density at radius 3 is 2.29 bits per heavy atom. The van der Waals surface area contributed by atoms with Crippen LogP contribution in [-0.4, -0.2) is 53.4 Å². The fourth-order valence-electron chi connectivity index (χ4n) is 3.73. The van der Waals surface area contributed by atoms with Gasteiger partial charge < -0.3 is 24.4 Å². The maximum absolute atomic E-state index is 13.2. The molecule has 0 saturated carbocycles. The predicted octanol–water partition coefficient (Wildman–Crippen LogP) is 3.20. The molecule has 2 heterocycles. The van der Waals surface area contributed by atoms with Gasteiger partial charge >= 0.3 is 5.91 Å². The number of aliphatic hydroxyl groups excluding tert-OH is 1. The van der Waals surface area contributed by atoms with Crippen molar-refractivity contribution >= 4 is 33.9 Å². The summed E-state index contributed by atoms with van der Waals surface area (Å²) < 4.78 is 15.7. The van der Waals surface area contributed by atoms with E-state index in [2.05, 4.69) is 10.2 Å². The summed E-state index contributed by atoms with van der Waals surface area (Å²) in [7, 11) is 4.31. The van der Waals surface area contributed by atoms with Crippen LogP contribution in [0.25, 0.3) is 5.76 Å². The molecular formula is C23H21N3O7S. The summed E-state index contributed by atoms with van der Waals surface area (Å²) in [6.45, 7) is 1.72. The monoisotopic (exact) mass is 483 g/mol. The molecule has 11 heteroatoms. The van der Waals surface area contributed by atoms with Gasteiger partial charge in [-0.1, -0.05) is 17.4 Å². The smallest absolute Gasteiger partial charge is 0.301 e. The van der Waals surface area contributed by atoms with Crippen molar-refractivity contribution in [3.63, 3.8) is 0 Å². The number of nitrogens with zero attached hydrogens (tertiary/aromatic N) is 3. The molecule has 3 aromatic rings. The van der Waals surface area contributed by atoms with E-state index >= 15 is 0 Å². The van der Waals surface area contributed by atoms with Gasteiger partial charge in [0.05, 0.1) is 32.9 Å². The van der Waals surface area contributed by atoms with Crippen LogP contribution in [0.2, 0.25) is 0 Å². The van der Waals surface area contributed by atoms with Crippen LogP contribution in [-0.2, 0) is 9.59 Å². The van der Waals surface area contributed by atoms with E-state index in [9.17, 15) is 19.8 Å². The molecule has 0 bridgehead atoms. The Morgan fingerprint density at radius 2 is 1.68 bits per heavy atom. The highest BCUT2D eigenvalue weighted by Gasteiger charge is 2.48. The molecule has 34 heavy (non-hydrogen) atoms. The summed E-state index contributed by atoms with van der Waals surface area (Å²) in [6, 6.07) is 8.01. The first kappa shape index (κ1) is 23.1. The van der Waals surface area contributed by atoms with Crippen molar-refractivity contribution in [2.75, 3.05) is 26.2 Å². The Hall–Kier alpha value is -4.12. The normalized spacial score (nSPS) is 17.2. The van der Waals surface area contributed by atoms with Gasteiger partial charge in [0, 0.05) is 5.56 Å². The van der Waals surface area contributed by atoms with Crippen LogP contribution in [0.4, 0.5) is 5.13 Å². The van der Waals surface area contributed by atoms with Crippen molar-refractivity contribution in [1.82, 2.24) is 10.2 Å². The van der Waals surface area contributed by atoms with Crippen molar-refractivity contribution in [3.05, 3.63) is 58.1 Å². The molecule has 4 rings (SSSR count). The summed E-state index contributed by atoms with van der Waals surface area (Å²) >= 11 is 1.13. The van der Waals surface area contributed by atoms with Crippen LogP contribution in [0.3, 0.4) is 0 Å². The molecule has 2 N–H and O–H groups in total. The van der Waals surface area contributed by atoms with Gasteiger partial charge in [0.25, 0.3) is 5.78 Å². The topological polar surface area (TPSA) is 131 Å². The van der Waals surface area contributed by atoms with Crippen LogP contribution in [0, 0.1) is 6.92 Å². The number of ether oxygens (including phenoxy) is 3. The van der Waals surface area contributed by atoms with Crippen molar-refractivity contribution < 1.29 is 34.0 Å². The van der Waals surface area contributed by atoms with Crippen LogP contribution >= 0.6 is 11.3 Å². The zero-order valence-electron chi connectivity index (χ0n) is 18.7. The van der Waals surface area contributed by atoms with E-state index in [1.165, 1.54) is 50.5 Å². The number of methoxy groups -OCH3 is 3. The molecule has 0 aliphatic carbocycles. The highest BCUT2D eigenvalue weighted by molar-refractivity contribution is 7.15. The molecule has 0 unspecified atom stereocenters. The first-order chi connectivity index (χ1) is 16.3. The number of hydrogen-bond donors (Lipinski definition) is 2. The van der Waals surface area contributed by atoms with Crippen molar-refractivity contribution in [3.8, 4) is 23.0 Å². The molecule has 176 valence electrons. The maximum atomic E-state index is 13.2. The number of phenols is 1. The molecule has 2 aromatic carbocycles. The number of anilines is 1. The molecular weight excluding hydrogens is 462 g/mol. The molecule has 0 radical (unpaired) electrons. The molecule has 1 saturated heterocycles. The molecule has 1 fully saturated rings. The average molecular weight is 484 g/mol. The second kappa shape index (κ2) is 9.02. The number of phenolic OH excluding ortho intramolecular Hbond substituents is 1. The van der Waals surface area contributed by atoms with Gasteiger partial charge in [0.15, 0.2) is 23.0 Å².